The molecule has 0 saturated carbocycles. The normalized spacial score (nSPS) is 17.9. The largest absolute Gasteiger partial charge is 0.380 e. The highest BCUT2D eigenvalue weighted by atomic mass is 35.5. The maximum Gasteiger partial charge on any atom is 0.216 e. The van der Waals surface area contributed by atoms with E-state index in [9.17, 15) is 8.42 Å². The Bertz CT molecular complexity index is 379. The molecule has 0 aliphatic rings. The average Bonchev–Trinajstić information content (AvgIpc) is 2.51. The van der Waals surface area contributed by atoms with Gasteiger partial charge in [0.25, 0.3) is 0 Å². The van der Waals surface area contributed by atoms with Crippen LogP contribution >= 0.6 is 11.6 Å². The molecule has 5 N–H and O–H groups in total. The molecule has 0 radical (unpaired) electrons. The van der Waals surface area contributed by atoms with Crippen LogP contribution in [0.25, 0.3) is 0 Å². The van der Waals surface area contributed by atoms with Gasteiger partial charge in [-0.25, -0.2) is 8.42 Å². The van der Waals surface area contributed by atoms with Gasteiger partial charge in [-0.3, -0.25) is 10.6 Å². The van der Waals surface area contributed by atoms with Crippen molar-refractivity contribution in [3.05, 3.63) is 0 Å². The number of sulfonamides is 1. The minimum absolute atomic E-state index is 0.122. The van der Waals surface area contributed by atoms with E-state index in [0.29, 0.717) is 31.8 Å². The monoisotopic (exact) mass is 358 g/mol. The van der Waals surface area contributed by atoms with Gasteiger partial charge in [-0.05, 0) is 39.3 Å². The Hall–Kier alpha value is 0.0400. The summed E-state index contributed by atoms with van der Waals surface area (Å²) in [6.07, 6.45) is 0.441. The molecule has 0 aromatic rings. The lowest BCUT2D eigenvalue weighted by Gasteiger charge is -2.24. The fourth-order valence-electron chi connectivity index (χ4n) is 1.72. The van der Waals surface area contributed by atoms with Crippen molar-refractivity contribution < 1.29 is 13.2 Å². The SMILES string of the molecule is CN[C@@H](NC[C@@H](C)CN)NS(=O)(=O)[C@H](C)CC[C@H](CCl)OC. The van der Waals surface area contributed by atoms with E-state index in [4.69, 9.17) is 22.1 Å². The van der Waals surface area contributed by atoms with Gasteiger partial charge >= 0.3 is 0 Å². The van der Waals surface area contributed by atoms with E-state index in [1.54, 1.807) is 21.1 Å². The van der Waals surface area contributed by atoms with E-state index in [1.165, 1.54) is 0 Å². The lowest BCUT2D eigenvalue weighted by Crippen LogP contribution is -2.56. The first-order chi connectivity index (χ1) is 10.3. The van der Waals surface area contributed by atoms with Crippen LogP contribution in [-0.2, 0) is 14.8 Å². The van der Waals surface area contributed by atoms with Crippen LogP contribution in [0.1, 0.15) is 26.7 Å². The number of alkyl halides is 1. The van der Waals surface area contributed by atoms with Crippen LogP contribution in [0.15, 0.2) is 0 Å². The fraction of sp³-hybridized carbons (Fsp3) is 1.00. The van der Waals surface area contributed by atoms with Gasteiger partial charge in [0.15, 0.2) is 0 Å². The zero-order chi connectivity index (χ0) is 17.2. The van der Waals surface area contributed by atoms with E-state index >= 15 is 0 Å². The molecule has 0 saturated heterocycles. The quantitative estimate of drug-likeness (QED) is 0.273. The van der Waals surface area contributed by atoms with Crippen molar-refractivity contribution in [2.24, 2.45) is 11.7 Å². The second kappa shape index (κ2) is 11.6. The number of hydrogen-bond acceptors (Lipinski definition) is 6. The molecular formula is C13H31ClN4O3S. The molecule has 22 heavy (non-hydrogen) atoms. The Kier molecular flexibility index (Phi) is 11.6. The minimum atomic E-state index is -3.44. The van der Waals surface area contributed by atoms with Crippen LogP contribution < -0.4 is 21.1 Å². The molecule has 0 rings (SSSR count). The summed E-state index contributed by atoms with van der Waals surface area (Å²) in [6.45, 7) is 4.84. The first-order valence-corrected chi connectivity index (χ1v) is 9.59. The van der Waals surface area contributed by atoms with Crippen molar-refractivity contribution in [1.82, 2.24) is 15.4 Å². The maximum absolute atomic E-state index is 12.3. The molecule has 9 heteroatoms. The molecule has 4 atom stereocenters. The van der Waals surface area contributed by atoms with E-state index in [-0.39, 0.29) is 12.0 Å². The second-order valence-electron chi connectivity index (χ2n) is 5.53. The molecule has 0 spiro atoms. The second-order valence-corrected chi connectivity index (χ2v) is 7.97. The van der Waals surface area contributed by atoms with Gasteiger partial charge in [-0.15, -0.1) is 11.6 Å². The predicted molar refractivity (Wildman–Crippen MR) is 91.3 cm³/mol. The molecule has 0 unspecified atom stereocenters. The molecule has 0 heterocycles. The summed E-state index contributed by atoms with van der Waals surface area (Å²) in [6, 6.07) is 0. The minimum Gasteiger partial charge on any atom is -0.380 e. The lowest BCUT2D eigenvalue weighted by atomic mass is 10.2. The molecule has 0 bridgehead atoms. The Morgan fingerprint density at radius 3 is 2.36 bits per heavy atom. The summed E-state index contributed by atoms with van der Waals surface area (Å²) < 4.78 is 32.4. The third kappa shape index (κ3) is 8.61. The molecule has 0 aromatic heterocycles. The highest BCUT2D eigenvalue weighted by molar-refractivity contribution is 7.90. The summed E-state index contributed by atoms with van der Waals surface area (Å²) in [5, 5.41) is 5.45. The zero-order valence-electron chi connectivity index (χ0n) is 13.9. The topological polar surface area (TPSA) is 105 Å². The number of halogens is 1. The van der Waals surface area contributed by atoms with Crippen molar-refractivity contribution in [3.63, 3.8) is 0 Å². The summed E-state index contributed by atoms with van der Waals surface area (Å²) in [4.78, 5) is 0. The molecular weight excluding hydrogens is 328 g/mol. The molecule has 0 aliphatic carbocycles. The molecule has 0 aromatic carbocycles. The van der Waals surface area contributed by atoms with E-state index in [1.807, 2.05) is 6.92 Å². The molecule has 0 aliphatic heterocycles. The van der Waals surface area contributed by atoms with Crippen molar-refractivity contribution in [3.8, 4) is 0 Å². The number of rotatable bonds is 13. The molecule has 0 amide bonds. The van der Waals surface area contributed by atoms with Gasteiger partial charge in [-0.1, -0.05) is 6.92 Å². The van der Waals surface area contributed by atoms with Gasteiger partial charge in [0.1, 0.15) is 6.29 Å². The fourth-order valence-corrected chi connectivity index (χ4v) is 3.21. The predicted octanol–water partition coefficient (Wildman–Crippen LogP) is 0.0157. The first-order valence-electron chi connectivity index (χ1n) is 7.51. The van der Waals surface area contributed by atoms with Gasteiger partial charge in [-0.2, -0.15) is 4.72 Å². The Balaban J connectivity index is 4.44. The van der Waals surface area contributed by atoms with Crippen LogP contribution in [0.3, 0.4) is 0 Å². The zero-order valence-corrected chi connectivity index (χ0v) is 15.5. The third-order valence-electron chi connectivity index (χ3n) is 3.57. The lowest BCUT2D eigenvalue weighted by molar-refractivity contribution is 0.112. The van der Waals surface area contributed by atoms with E-state index in [0.717, 1.165) is 0 Å². The number of hydrogen-bond donors (Lipinski definition) is 4. The molecule has 0 fully saturated rings. The molecule has 134 valence electrons. The number of methoxy groups -OCH3 is 1. The third-order valence-corrected chi connectivity index (χ3v) is 5.78. The Morgan fingerprint density at radius 2 is 1.91 bits per heavy atom. The molecule has 7 nitrogen and oxygen atoms in total. The number of nitrogens with two attached hydrogens (primary N) is 1. The summed E-state index contributed by atoms with van der Waals surface area (Å²) in [5.41, 5.74) is 5.55. The van der Waals surface area contributed by atoms with Crippen molar-refractivity contribution in [2.45, 2.75) is 44.3 Å². The van der Waals surface area contributed by atoms with Crippen LogP contribution in [0.4, 0.5) is 0 Å². The van der Waals surface area contributed by atoms with Gasteiger partial charge in [0.2, 0.25) is 10.0 Å². The smallest absolute Gasteiger partial charge is 0.216 e. The average molecular weight is 359 g/mol. The van der Waals surface area contributed by atoms with Crippen molar-refractivity contribution in [2.75, 3.05) is 33.1 Å². The Morgan fingerprint density at radius 1 is 1.27 bits per heavy atom. The maximum atomic E-state index is 12.3. The standard InChI is InChI=1S/C13H31ClN4O3S/c1-10(8-15)9-17-13(16-3)18-22(19,20)11(2)5-6-12(7-14)21-4/h10-13,16-18H,5-9,15H2,1-4H3/t10-,11+,12+,13-/m0/s1. The van der Waals surface area contributed by atoms with Gasteiger partial charge < -0.3 is 10.5 Å². The highest BCUT2D eigenvalue weighted by Gasteiger charge is 2.24. The number of nitrogens with one attached hydrogen (secondary N) is 3. The van der Waals surface area contributed by atoms with Crippen LogP contribution in [0, 0.1) is 5.92 Å². The summed E-state index contributed by atoms with van der Waals surface area (Å²) in [7, 11) is -0.183. The summed E-state index contributed by atoms with van der Waals surface area (Å²) in [5.74, 6) is 0.623. The van der Waals surface area contributed by atoms with Crippen molar-refractivity contribution in [1.29, 1.82) is 0 Å². The highest BCUT2D eigenvalue weighted by Crippen LogP contribution is 2.11. The number of ether oxygens (including phenoxy) is 1. The van der Waals surface area contributed by atoms with Crippen molar-refractivity contribution >= 4 is 21.6 Å². The van der Waals surface area contributed by atoms with E-state index < -0.39 is 21.6 Å². The van der Waals surface area contributed by atoms with E-state index in [2.05, 4.69) is 15.4 Å². The van der Waals surface area contributed by atoms with Gasteiger partial charge in [0, 0.05) is 19.5 Å². The Labute approximate surface area is 139 Å². The van der Waals surface area contributed by atoms with Crippen LogP contribution in [0.5, 0.6) is 0 Å². The first kappa shape index (κ1) is 22.0. The van der Waals surface area contributed by atoms with Crippen LogP contribution in [-0.4, -0.2) is 59.2 Å². The van der Waals surface area contributed by atoms with Gasteiger partial charge in [0.05, 0.1) is 11.4 Å². The van der Waals surface area contributed by atoms with Crippen LogP contribution in [0.2, 0.25) is 0 Å². The summed E-state index contributed by atoms with van der Waals surface area (Å²) >= 11 is 5.74.